The molecule has 4 rings (SSSR count). The Kier molecular flexibility index (Phi) is 8.26. The van der Waals surface area contributed by atoms with Gasteiger partial charge in [-0.1, -0.05) is 11.8 Å². The largest absolute Gasteiger partial charge is 0.497 e. The maximum absolute atomic E-state index is 12.5. The Morgan fingerprint density at radius 2 is 1.30 bits per heavy atom. The van der Waals surface area contributed by atoms with Crippen molar-refractivity contribution in [1.82, 2.24) is 25.6 Å². The van der Waals surface area contributed by atoms with Gasteiger partial charge in [-0.25, -0.2) is 0 Å². The van der Waals surface area contributed by atoms with Crippen LogP contribution >= 0.6 is 11.8 Å². The van der Waals surface area contributed by atoms with Gasteiger partial charge in [0.25, 0.3) is 5.91 Å². The van der Waals surface area contributed by atoms with E-state index in [0.29, 0.717) is 28.0 Å². The Hall–Kier alpha value is -4.51. The Labute approximate surface area is 217 Å². The molecule has 4 aromatic rings. The van der Waals surface area contributed by atoms with Gasteiger partial charge in [0, 0.05) is 16.8 Å². The summed E-state index contributed by atoms with van der Waals surface area (Å²) in [6, 6.07) is 21.4. The third-order valence-corrected chi connectivity index (χ3v) is 6.24. The molecule has 1 heterocycles. The monoisotopic (exact) mass is 519 g/mol. The molecule has 190 valence electrons. The number of carbonyl (C=O) groups is 2. The molecule has 0 saturated carbocycles. The van der Waals surface area contributed by atoms with Gasteiger partial charge in [0.15, 0.2) is 11.0 Å². The molecule has 0 saturated heterocycles. The van der Waals surface area contributed by atoms with Crippen LogP contribution in [0.15, 0.2) is 78.0 Å². The highest BCUT2D eigenvalue weighted by Crippen LogP contribution is 2.29. The van der Waals surface area contributed by atoms with Gasteiger partial charge >= 0.3 is 0 Å². The van der Waals surface area contributed by atoms with Crippen molar-refractivity contribution in [2.45, 2.75) is 5.16 Å². The number of hydrogen-bond acceptors (Lipinski definition) is 8. The number of ether oxygens (including phenoxy) is 3. The molecule has 2 N–H and O–H groups in total. The lowest BCUT2D eigenvalue weighted by molar-refractivity contribution is -0.119. The predicted molar refractivity (Wildman–Crippen MR) is 139 cm³/mol. The van der Waals surface area contributed by atoms with Gasteiger partial charge in [0.1, 0.15) is 17.2 Å². The van der Waals surface area contributed by atoms with Crippen LogP contribution < -0.4 is 25.1 Å². The van der Waals surface area contributed by atoms with Gasteiger partial charge in [0.2, 0.25) is 5.91 Å². The molecule has 11 heteroatoms. The first kappa shape index (κ1) is 25.6. The van der Waals surface area contributed by atoms with Crippen molar-refractivity contribution in [2.24, 2.45) is 0 Å². The molecule has 10 nitrogen and oxygen atoms in total. The Bertz CT molecular complexity index is 1360. The van der Waals surface area contributed by atoms with E-state index in [1.54, 1.807) is 45.6 Å². The highest BCUT2D eigenvalue weighted by molar-refractivity contribution is 7.99. The van der Waals surface area contributed by atoms with Crippen LogP contribution in [0.5, 0.6) is 17.2 Å². The van der Waals surface area contributed by atoms with Crippen molar-refractivity contribution in [1.29, 1.82) is 0 Å². The van der Waals surface area contributed by atoms with Gasteiger partial charge in [-0.3, -0.25) is 25.0 Å². The Morgan fingerprint density at radius 1 is 0.757 bits per heavy atom. The molecular formula is C26H25N5O5S. The molecule has 0 bridgehead atoms. The first-order chi connectivity index (χ1) is 18.0. The minimum atomic E-state index is -0.441. The highest BCUT2D eigenvalue weighted by atomic mass is 32.2. The predicted octanol–water partition coefficient (Wildman–Crippen LogP) is 3.51. The second kappa shape index (κ2) is 12.0. The molecule has 0 aliphatic heterocycles. The van der Waals surface area contributed by atoms with Crippen molar-refractivity contribution in [3.05, 3.63) is 78.4 Å². The van der Waals surface area contributed by atoms with E-state index in [1.807, 2.05) is 53.1 Å². The number of aromatic nitrogens is 3. The first-order valence-electron chi connectivity index (χ1n) is 11.1. The van der Waals surface area contributed by atoms with Crippen LogP contribution in [-0.4, -0.2) is 53.7 Å². The lowest BCUT2D eigenvalue weighted by Gasteiger charge is -2.12. The number of nitrogens with zero attached hydrogens (tertiary/aromatic N) is 3. The lowest BCUT2D eigenvalue weighted by atomic mass is 10.2. The van der Waals surface area contributed by atoms with Gasteiger partial charge < -0.3 is 14.2 Å². The number of rotatable bonds is 9. The summed E-state index contributed by atoms with van der Waals surface area (Å²) >= 11 is 1.19. The molecule has 1 aromatic heterocycles. The second-order valence-corrected chi connectivity index (χ2v) is 8.53. The quantitative estimate of drug-likeness (QED) is 0.255. The second-order valence-electron chi connectivity index (χ2n) is 7.59. The molecule has 0 aliphatic rings. The number of methoxy groups -OCH3 is 3. The van der Waals surface area contributed by atoms with E-state index < -0.39 is 11.8 Å². The third-order valence-electron chi connectivity index (χ3n) is 5.31. The summed E-state index contributed by atoms with van der Waals surface area (Å²) in [6.45, 7) is 0. The summed E-state index contributed by atoms with van der Waals surface area (Å²) in [5.41, 5.74) is 6.85. The minimum absolute atomic E-state index is 0.000205. The standard InChI is InChI=1S/C26H25N5O5S/c1-34-20-10-4-17(5-11-20)24-28-30-26(31(24)19-8-14-22(36-3)15-9-19)37-16-23(32)27-29-25(33)18-6-12-21(35-2)13-7-18/h4-15H,16H2,1-3H3,(H,27,32)(H,29,33). The van der Waals surface area contributed by atoms with Crippen molar-refractivity contribution in [3.8, 4) is 34.3 Å². The van der Waals surface area contributed by atoms with Gasteiger partial charge in [-0.05, 0) is 72.8 Å². The fraction of sp³-hybridized carbons (Fsp3) is 0.154. The fourth-order valence-corrected chi connectivity index (χ4v) is 4.11. The molecule has 0 aliphatic carbocycles. The minimum Gasteiger partial charge on any atom is -0.497 e. The topological polar surface area (TPSA) is 117 Å². The third kappa shape index (κ3) is 6.19. The van der Waals surface area contributed by atoms with Gasteiger partial charge in [-0.15, -0.1) is 10.2 Å². The number of carbonyl (C=O) groups excluding carboxylic acids is 2. The van der Waals surface area contributed by atoms with Crippen molar-refractivity contribution in [2.75, 3.05) is 27.1 Å². The van der Waals surface area contributed by atoms with Crippen molar-refractivity contribution in [3.63, 3.8) is 0 Å². The number of nitrogens with one attached hydrogen (secondary N) is 2. The van der Waals surface area contributed by atoms with E-state index >= 15 is 0 Å². The summed E-state index contributed by atoms with van der Waals surface area (Å²) in [5, 5.41) is 9.20. The molecule has 3 aromatic carbocycles. The van der Waals surface area contributed by atoms with Crippen molar-refractivity contribution >= 4 is 23.6 Å². The zero-order valence-corrected chi connectivity index (χ0v) is 21.2. The average Bonchev–Trinajstić information content (AvgIpc) is 3.38. The Balaban J connectivity index is 1.48. The molecule has 0 spiro atoms. The van der Waals surface area contributed by atoms with Gasteiger partial charge in [0.05, 0.1) is 27.1 Å². The molecular weight excluding hydrogens is 494 g/mol. The van der Waals surface area contributed by atoms with Gasteiger partial charge in [-0.2, -0.15) is 0 Å². The maximum atomic E-state index is 12.5. The van der Waals surface area contributed by atoms with Crippen LogP contribution in [0.4, 0.5) is 0 Å². The van der Waals surface area contributed by atoms with Crippen LogP contribution in [0.25, 0.3) is 17.1 Å². The van der Waals surface area contributed by atoms with E-state index in [4.69, 9.17) is 14.2 Å². The van der Waals surface area contributed by atoms with Crippen LogP contribution in [-0.2, 0) is 4.79 Å². The molecule has 37 heavy (non-hydrogen) atoms. The summed E-state index contributed by atoms with van der Waals surface area (Å²) < 4.78 is 17.5. The highest BCUT2D eigenvalue weighted by Gasteiger charge is 2.18. The number of benzene rings is 3. The number of hydrogen-bond donors (Lipinski definition) is 2. The molecule has 0 unspecified atom stereocenters. The van der Waals surface area contributed by atoms with E-state index in [1.165, 1.54) is 11.8 Å². The van der Waals surface area contributed by atoms with E-state index in [2.05, 4.69) is 21.0 Å². The Morgan fingerprint density at radius 3 is 1.86 bits per heavy atom. The summed E-state index contributed by atoms with van der Waals surface area (Å²) in [6.07, 6.45) is 0. The number of thioether (sulfide) groups is 1. The zero-order chi connectivity index (χ0) is 26.2. The summed E-state index contributed by atoms with van der Waals surface area (Å²) in [7, 11) is 4.75. The molecule has 0 radical (unpaired) electrons. The zero-order valence-electron chi connectivity index (χ0n) is 20.4. The first-order valence-corrected chi connectivity index (χ1v) is 12.1. The average molecular weight is 520 g/mol. The van der Waals surface area contributed by atoms with Crippen LogP contribution in [0.1, 0.15) is 10.4 Å². The SMILES string of the molecule is COc1ccc(C(=O)NNC(=O)CSc2nnc(-c3ccc(OC)cc3)n2-c2ccc(OC)cc2)cc1. The summed E-state index contributed by atoms with van der Waals surface area (Å²) in [5.74, 6) is 1.83. The van der Waals surface area contributed by atoms with E-state index in [9.17, 15) is 9.59 Å². The maximum Gasteiger partial charge on any atom is 0.269 e. The molecule has 2 amide bonds. The number of hydrazine groups is 1. The normalized spacial score (nSPS) is 10.5. The summed E-state index contributed by atoms with van der Waals surface area (Å²) in [4.78, 5) is 24.8. The van der Waals surface area contributed by atoms with E-state index in [-0.39, 0.29) is 5.75 Å². The van der Waals surface area contributed by atoms with Crippen LogP contribution in [0.2, 0.25) is 0 Å². The smallest absolute Gasteiger partial charge is 0.269 e. The molecule has 0 fully saturated rings. The van der Waals surface area contributed by atoms with E-state index in [0.717, 1.165) is 17.0 Å². The van der Waals surface area contributed by atoms with Crippen LogP contribution in [0.3, 0.4) is 0 Å². The number of amides is 2. The lowest BCUT2D eigenvalue weighted by Crippen LogP contribution is -2.42. The van der Waals surface area contributed by atoms with Crippen LogP contribution in [0, 0.1) is 0 Å². The van der Waals surface area contributed by atoms with Crippen molar-refractivity contribution < 1.29 is 23.8 Å². The fourth-order valence-electron chi connectivity index (χ4n) is 3.36. The molecule has 0 atom stereocenters.